The number of ether oxygens (including phenoxy) is 1. The third kappa shape index (κ3) is 2.76. The van der Waals surface area contributed by atoms with Gasteiger partial charge < -0.3 is 14.9 Å². The number of aliphatic carboxylic acids is 1. The fourth-order valence-electron chi connectivity index (χ4n) is 2.27. The number of carboxylic acid groups (broad SMARTS) is 1. The summed E-state index contributed by atoms with van der Waals surface area (Å²) in [6.07, 6.45) is 2.94. The molecule has 1 aliphatic carbocycles. The summed E-state index contributed by atoms with van der Waals surface area (Å²) in [5.41, 5.74) is -1.29. The van der Waals surface area contributed by atoms with E-state index in [1.54, 1.807) is 6.92 Å². The molecule has 0 aromatic carbocycles. The molecule has 92 valence electrons. The van der Waals surface area contributed by atoms with Crippen molar-refractivity contribution in [2.75, 3.05) is 6.61 Å². The third-order valence-electron chi connectivity index (χ3n) is 3.09. The Balaban J connectivity index is 2.91. The lowest BCUT2D eigenvalue weighted by molar-refractivity contribution is -0.135. The zero-order valence-electron chi connectivity index (χ0n) is 10.1. The van der Waals surface area contributed by atoms with Crippen LogP contribution < -0.4 is 0 Å². The van der Waals surface area contributed by atoms with Crippen molar-refractivity contribution in [3.8, 4) is 0 Å². The number of rotatable bonds is 4. The molecule has 1 aliphatic rings. The van der Waals surface area contributed by atoms with Gasteiger partial charge in [-0.3, -0.25) is 0 Å². The molecule has 1 unspecified atom stereocenters. The van der Waals surface area contributed by atoms with E-state index in [1.807, 2.05) is 13.8 Å². The monoisotopic (exact) mass is 228 g/mol. The maximum atomic E-state index is 11.1. The van der Waals surface area contributed by atoms with Crippen molar-refractivity contribution in [3.63, 3.8) is 0 Å². The number of carbonyl (C=O) groups is 1. The van der Waals surface area contributed by atoms with Crippen LogP contribution in [0.25, 0.3) is 0 Å². The standard InChI is InChI=1S/C12H20O4/c1-4-16-7-9(10(13)14)12(15)6-5-11(2,3)8-12/h7,15H,4-6,8H2,1-3H3,(H,13,14)/b9-7-. The molecule has 0 radical (unpaired) electrons. The van der Waals surface area contributed by atoms with Crippen LogP contribution in [0.3, 0.4) is 0 Å². The average molecular weight is 228 g/mol. The van der Waals surface area contributed by atoms with Crippen LogP contribution in [0.15, 0.2) is 11.8 Å². The second-order valence-corrected chi connectivity index (χ2v) is 5.16. The van der Waals surface area contributed by atoms with Gasteiger partial charge in [0.15, 0.2) is 0 Å². The molecule has 1 atom stereocenters. The van der Waals surface area contributed by atoms with Crippen molar-refractivity contribution in [1.29, 1.82) is 0 Å². The van der Waals surface area contributed by atoms with Gasteiger partial charge >= 0.3 is 5.97 Å². The van der Waals surface area contributed by atoms with Crippen molar-refractivity contribution in [2.45, 2.75) is 45.6 Å². The SMILES string of the molecule is CCO/C=C(/C(=O)O)C1(O)CCC(C)(C)C1. The molecule has 0 aromatic rings. The second kappa shape index (κ2) is 4.45. The minimum atomic E-state index is -1.25. The van der Waals surface area contributed by atoms with Gasteiger partial charge in [0.1, 0.15) is 11.2 Å². The van der Waals surface area contributed by atoms with Crippen LogP contribution in [0.4, 0.5) is 0 Å². The minimum Gasteiger partial charge on any atom is -0.501 e. The molecular formula is C12H20O4. The summed E-state index contributed by atoms with van der Waals surface area (Å²) in [6, 6.07) is 0. The smallest absolute Gasteiger partial charge is 0.337 e. The molecule has 1 fully saturated rings. The summed E-state index contributed by atoms with van der Waals surface area (Å²) < 4.78 is 5.00. The first-order chi connectivity index (χ1) is 7.31. The number of hydrogen-bond donors (Lipinski definition) is 2. The molecule has 0 spiro atoms. The molecule has 0 aromatic heterocycles. The summed E-state index contributed by atoms with van der Waals surface area (Å²) >= 11 is 0. The van der Waals surface area contributed by atoms with Crippen LogP contribution in [0.1, 0.15) is 40.0 Å². The lowest BCUT2D eigenvalue weighted by Crippen LogP contribution is -2.33. The van der Waals surface area contributed by atoms with E-state index in [4.69, 9.17) is 9.84 Å². The van der Waals surface area contributed by atoms with Crippen LogP contribution in [-0.4, -0.2) is 28.4 Å². The molecule has 4 heteroatoms. The molecule has 0 saturated heterocycles. The first-order valence-electron chi connectivity index (χ1n) is 5.59. The fraction of sp³-hybridized carbons (Fsp3) is 0.750. The van der Waals surface area contributed by atoms with Gasteiger partial charge in [-0.2, -0.15) is 0 Å². The number of carboxylic acids is 1. The van der Waals surface area contributed by atoms with Crippen LogP contribution in [0, 0.1) is 5.41 Å². The Hall–Kier alpha value is -1.03. The molecule has 0 amide bonds. The van der Waals surface area contributed by atoms with Crippen LogP contribution >= 0.6 is 0 Å². The Morgan fingerprint density at radius 1 is 1.44 bits per heavy atom. The highest BCUT2D eigenvalue weighted by Gasteiger charge is 2.46. The average Bonchev–Trinajstić information content (AvgIpc) is 2.41. The van der Waals surface area contributed by atoms with Crippen molar-refractivity contribution >= 4 is 5.97 Å². The van der Waals surface area contributed by atoms with Gasteiger partial charge in [0.05, 0.1) is 12.9 Å². The maximum Gasteiger partial charge on any atom is 0.337 e. The molecule has 0 aliphatic heterocycles. The Kier molecular flexibility index (Phi) is 3.63. The summed E-state index contributed by atoms with van der Waals surface area (Å²) in [6.45, 7) is 6.24. The van der Waals surface area contributed by atoms with Gasteiger partial charge in [0.25, 0.3) is 0 Å². The van der Waals surface area contributed by atoms with E-state index in [1.165, 1.54) is 6.26 Å². The molecule has 4 nitrogen and oxygen atoms in total. The van der Waals surface area contributed by atoms with E-state index in [2.05, 4.69) is 0 Å². The highest BCUT2D eigenvalue weighted by atomic mass is 16.5. The highest BCUT2D eigenvalue weighted by molar-refractivity contribution is 5.88. The summed E-state index contributed by atoms with van der Waals surface area (Å²) in [5, 5.41) is 19.4. The van der Waals surface area contributed by atoms with Crippen molar-refractivity contribution < 1.29 is 19.7 Å². The van der Waals surface area contributed by atoms with Crippen LogP contribution in [0.5, 0.6) is 0 Å². The van der Waals surface area contributed by atoms with Crippen molar-refractivity contribution in [2.24, 2.45) is 5.41 Å². The molecular weight excluding hydrogens is 208 g/mol. The highest BCUT2D eigenvalue weighted by Crippen LogP contribution is 2.46. The molecule has 2 N–H and O–H groups in total. The van der Waals surface area contributed by atoms with Crippen molar-refractivity contribution in [1.82, 2.24) is 0 Å². The maximum absolute atomic E-state index is 11.1. The lowest BCUT2D eigenvalue weighted by atomic mass is 9.86. The Morgan fingerprint density at radius 3 is 2.44 bits per heavy atom. The predicted molar refractivity (Wildman–Crippen MR) is 59.9 cm³/mol. The summed E-state index contributed by atoms with van der Waals surface area (Å²) in [5.74, 6) is -1.10. The summed E-state index contributed by atoms with van der Waals surface area (Å²) in [4.78, 5) is 11.1. The Bertz CT molecular complexity index is 306. The fourth-order valence-corrected chi connectivity index (χ4v) is 2.27. The van der Waals surface area contributed by atoms with Gasteiger partial charge in [-0.25, -0.2) is 4.79 Å². The third-order valence-corrected chi connectivity index (χ3v) is 3.09. The Morgan fingerprint density at radius 2 is 2.06 bits per heavy atom. The van der Waals surface area contributed by atoms with E-state index in [0.717, 1.165) is 6.42 Å². The van der Waals surface area contributed by atoms with Crippen LogP contribution in [-0.2, 0) is 9.53 Å². The first-order valence-corrected chi connectivity index (χ1v) is 5.59. The van der Waals surface area contributed by atoms with Crippen LogP contribution in [0.2, 0.25) is 0 Å². The molecule has 16 heavy (non-hydrogen) atoms. The topological polar surface area (TPSA) is 66.8 Å². The normalized spacial score (nSPS) is 29.1. The van der Waals surface area contributed by atoms with Gasteiger partial charge in [-0.15, -0.1) is 0 Å². The van der Waals surface area contributed by atoms with E-state index < -0.39 is 11.6 Å². The molecule has 1 saturated carbocycles. The Labute approximate surface area is 95.9 Å². The predicted octanol–water partition coefficient (Wildman–Crippen LogP) is 1.93. The zero-order valence-corrected chi connectivity index (χ0v) is 10.1. The van der Waals surface area contributed by atoms with Gasteiger partial charge in [0.2, 0.25) is 0 Å². The molecule has 0 heterocycles. The van der Waals surface area contributed by atoms with Crippen molar-refractivity contribution in [3.05, 3.63) is 11.8 Å². The summed E-state index contributed by atoms with van der Waals surface area (Å²) in [7, 11) is 0. The lowest BCUT2D eigenvalue weighted by Gasteiger charge is -2.25. The van der Waals surface area contributed by atoms with Gasteiger partial charge in [-0.05, 0) is 31.6 Å². The van der Waals surface area contributed by atoms with E-state index >= 15 is 0 Å². The zero-order chi connectivity index (χ0) is 12.4. The van der Waals surface area contributed by atoms with Gasteiger partial charge in [-0.1, -0.05) is 13.8 Å². The first kappa shape index (κ1) is 13.0. The number of hydrogen-bond acceptors (Lipinski definition) is 3. The minimum absolute atomic E-state index is 0.0183. The molecule has 0 bridgehead atoms. The molecule has 1 rings (SSSR count). The van der Waals surface area contributed by atoms with Gasteiger partial charge in [0, 0.05) is 0 Å². The van der Waals surface area contributed by atoms with E-state index in [0.29, 0.717) is 19.4 Å². The number of aliphatic hydroxyl groups is 1. The quantitative estimate of drug-likeness (QED) is 0.570. The largest absolute Gasteiger partial charge is 0.501 e. The van der Waals surface area contributed by atoms with E-state index in [-0.39, 0.29) is 11.0 Å². The van der Waals surface area contributed by atoms with E-state index in [9.17, 15) is 9.90 Å². The second-order valence-electron chi connectivity index (χ2n) is 5.16.